The van der Waals surface area contributed by atoms with Gasteiger partial charge in [-0.1, -0.05) is 32.8 Å². The maximum Gasteiger partial charge on any atom is 0.0312 e. The van der Waals surface area contributed by atoms with Gasteiger partial charge in [-0.05, 0) is 30.4 Å². The molecule has 20 heavy (non-hydrogen) atoms. The summed E-state index contributed by atoms with van der Waals surface area (Å²) in [5, 5.41) is 3.55. The molecule has 0 spiro atoms. The van der Waals surface area contributed by atoms with Gasteiger partial charge >= 0.3 is 0 Å². The van der Waals surface area contributed by atoms with Gasteiger partial charge in [0.25, 0.3) is 0 Å². The first-order chi connectivity index (χ1) is 9.75. The van der Waals surface area contributed by atoms with Crippen LogP contribution in [-0.4, -0.2) is 35.6 Å². The van der Waals surface area contributed by atoms with Crippen molar-refractivity contribution in [2.75, 3.05) is 19.6 Å². The maximum absolute atomic E-state index is 4.15. The third-order valence-corrected chi connectivity index (χ3v) is 4.07. The Hall–Kier alpha value is -0.930. The van der Waals surface area contributed by atoms with Crippen LogP contribution in [0.5, 0.6) is 0 Å². The molecular formula is C17H29N3. The summed E-state index contributed by atoms with van der Waals surface area (Å²) in [6.45, 7) is 9.05. The number of hydrogen-bond acceptors (Lipinski definition) is 3. The highest BCUT2D eigenvalue weighted by atomic mass is 15.2. The van der Waals surface area contributed by atoms with E-state index in [2.05, 4.69) is 35.1 Å². The van der Waals surface area contributed by atoms with Crippen molar-refractivity contribution in [3.05, 3.63) is 30.1 Å². The molecule has 0 atom stereocenters. The number of rotatable bonds is 8. The second-order valence-corrected chi connectivity index (χ2v) is 6.37. The fourth-order valence-corrected chi connectivity index (χ4v) is 3.12. The largest absolute Gasteiger partial charge is 0.311 e. The molecule has 1 aromatic rings. The Bertz CT molecular complexity index is 358. The van der Waals surface area contributed by atoms with Crippen molar-refractivity contribution in [3.63, 3.8) is 0 Å². The van der Waals surface area contributed by atoms with E-state index >= 15 is 0 Å². The second kappa shape index (κ2) is 8.38. The van der Waals surface area contributed by atoms with Gasteiger partial charge in [0.15, 0.2) is 0 Å². The first-order valence-electron chi connectivity index (χ1n) is 8.09. The summed E-state index contributed by atoms with van der Waals surface area (Å²) in [5.41, 5.74) is 1.27. The smallest absolute Gasteiger partial charge is 0.0312 e. The third kappa shape index (κ3) is 5.22. The second-order valence-electron chi connectivity index (χ2n) is 6.37. The van der Waals surface area contributed by atoms with Crippen molar-refractivity contribution in [1.82, 2.24) is 15.2 Å². The van der Waals surface area contributed by atoms with Crippen LogP contribution < -0.4 is 5.32 Å². The van der Waals surface area contributed by atoms with Gasteiger partial charge in [0.05, 0.1) is 0 Å². The van der Waals surface area contributed by atoms with E-state index < -0.39 is 0 Å². The van der Waals surface area contributed by atoms with Crippen LogP contribution in [0.15, 0.2) is 24.5 Å². The Morgan fingerprint density at radius 1 is 1.35 bits per heavy atom. The monoisotopic (exact) mass is 275 g/mol. The van der Waals surface area contributed by atoms with E-state index in [1.54, 1.807) is 0 Å². The molecule has 1 heterocycles. The quantitative estimate of drug-likeness (QED) is 0.739. The molecular weight excluding hydrogens is 246 g/mol. The van der Waals surface area contributed by atoms with Crippen molar-refractivity contribution in [2.24, 2.45) is 5.92 Å². The topological polar surface area (TPSA) is 28.2 Å². The van der Waals surface area contributed by atoms with Crippen molar-refractivity contribution in [1.29, 1.82) is 0 Å². The number of hydrogen-bond donors (Lipinski definition) is 1. The minimum atomic E-state index is 0.758. The van der Waals surface area contributed by atoms with E-state index in [1.165, 1.54) is 44.3 Å². The van der Waals surface area contributed by atoms with Gasteiger partial charge in [-0.2, -0.15) is 0 Å². The van der Waals surface area contributed by atoms with Crippen LogP contribution in [0.3, 0.4) is 0 Å². The first-order valence-corrected chi connectivity index (χ1v) is 8.09. The summed E-state index contributed by atoms with van der Waals surface area (Å²) >= 11 is 0. The fraction of sp³-hybridized carbons (Fsp3) is 0.706. The zero-order valence-corrected chi connectivity index (χ0v) is 13.0. The van der Waals surface area contributed by atoms with Crippen molar-refractivity contribution in [3.8, 4) is 0 Å². The average Bonchev–Trinajstić information content (AvgIpc) is 2.97. The molecule has 1 aliphatic rings. The highest BCUT2D eigenvalue weighted by molar-refractivity contribution is 5.07. The first kappa shape index (κ1) is 15.5. The molecule has 0 radical (unpaired) electrons. The summed E-state index contributed by atoms with van der Waals surface area (Å²) in [6.07, 6.45) is 9.40. The molecule has 1 aromatic heterocycles. The molecule has 1 saturated carbocycles. The number of aromatic nitrogens is 1. The number of nitrogens with zero attached hydrogens (tertiary/aromatic N) is 2. The molecule has 1 N–H and O–H groups in total. The van der Waals surface area contributed by atoms with E-state index in [4.69, 9.17) is 0 Å². The van der Waals surface area contributed by atoms with Gasteiger partial charge in [0.1, 0.15) is 0 Å². The number of nitrogens with one attached hydrogen (secondary N) is 1. The van der Waals surface area contributed by atoms with Crippen LogP contribution in [0.4, 0.5) is 0 Å². The van der Waals surface area contributed by atoms with Gasteiger partial charge in [0.2, 0.25) is 0 Å². The molecule has 0 saturated heterocycles. The highest BCUT2D eigenvalue weighted by Crippen LogP contribution is 2.23. The summed E-state index contributed by atoms with van der Waals surface area (Å²) in [7, 11) is 0. The molecule has 0 aromatic carbocycles. The molecule has 0 amide bonds. The lowest BCUT2D eigenvalue weighted by molar-refractivity contribution is 0.177. The minimum absolute atomic E-state index is 0.758. The predicted molar refractivity (Wildman–Crippen MR) is 84.6 cm³/mol. The lowest BCUT2D eigenvalue weighted by atomic mass is 10.1. The predicted octanol–water partition coefficient (Wildman–Crippen LogP) is 3.07. The molecule has 3 nitrogen and oxygen atoms in total. The molecule has 0 unspecified atom stereocenters. The molecule has 112 valence electrons. The Morgan fingerprint density at radius 2 is 2.15 bits per heavy atom. The van der Waals surface area contributed by atoms with Gasteiger partial charge in [-0.25, -0.2) is 0 Å². The van der Waals surface area contributed by atoms with Crippen molar-refractivity contribution >= 4 is 0 Å². The zero-order chi connectivity index (χ0) is 14.2. The molecule has 0 bridgehead atoms. The lowest BCUT2D eigenvalue weighted by Crippen LogP contribution is -2.40. The SMILES string of the molecule is CC(C)CN(CCNCc1cccnc1)C1CCCC1. The van der Waals surface area contributed by atoms with Crippen molar-refractivity contribution < 1.29 is 0 Å². The van der Waals surface area contributed by atoms with Gasteiger partial charge in [0, 0.05) is 44.6 Å². The summed E-state index contributed by atoms with van der Waals surface area (Å²) in [5.74, 6) is 0.758. The Labute approximate surface area is 123 Å². The Morgan fingerprint density at radius 3 is 2.80 bits per heavy atom. The van der Waals surface area contributed by atoms with Crippen LogP contribution in [0.2, 0.25) is 0 Å². The van der Waals surface area contributed by atoms with E-state index in [0.717, 1.165) is 25.0 Å². The van der Waals surface area contributed by atoms with Crippen LogP contribution >= 0.6 is 0 Å². The normalized spacial score (nSPS) is 16.4. The molecule has 3 heteroatoms. The van der Waals surface area contributed by atoms with Crippen LogP contribution in [0, 0.1) is 5.92 Å². The van der Waals surface area contributed by atoms with Crippen LogP contribution in [0.1, 0.15) is 45.1 Å². The molecule has 1 aliphatic carbocycles. The summed E-state index contributed by atoms with van der Waals surface area (Å²) < 4.78 is 0. The molecule has 0 aliphatic heterocycles. The average molecular weight is 275 g/mol. The van der Waals surface area contributed by atoms with E-state index in [0.29, 0.717) is 0 Å². The molecule has 2 rings (SSSR count). The van der Waals surface area contributed by atoms with Gasteiger partial charge in [-0.15, -0.1) is 0 Å². The van der Waals surface area contributed by atoms with E-state index in [1.807, 2.05) is 18.5 Å². The van der Waals surface area contributed by atoms with E-state index in [9.17, 15) is 0 Å². The van der Waals surface area contributed by atoms with Crippen molar-refractivity contribution in [2.45, 2.75) is 52.1 Å². The van der Waals surface area contributed by atoms with Gasteiger partial charge < -0.3 is 5.32 Å². The fourth-order valence-electron chi connectivity index (χ4n) is 3.12. The summed E-state index contributed by atoms with van der Waals surface area (Å²) in [6, 6.07) is 4.96. The minimum Gasteiger partial charge on any atom is -0.311 e. The third-order valence-electron chi connectivity index (χ3n) is 4.07. The Balaban J connectivity index is 1.71. The Kier molecular flexibility index (Phi) is 6.48. The summed E-state index contributed by atoms with van der Waals surface area (Å²) in [4.78, 5) is 6.85. The van der Waals surface area contributed by atoms with Crippen LogP contribution in [0.25, 0.3) is 0 Å². The highest BCUT2D eigenvalue weighted by Gasteiger charge is 2.22. The van der Waals surface area contributed by atoms with E-state index in [-0.39, 0.29) is 0 Å². The lowest BCUT2D eigenvalue weighted by Gasteiger charge is -2.30. The van der Waals surface area contributed by atoms with Gasteiger partial charge in [-0.3, -0.25) is 9.88 Å². The number of pyridine rings is 1. The standard InChI is InChI=1S/C17H29N3/c1-15(2)14-20(17-7-3-4-8-17)11-10-19-13-16-6-5-9-18-12-16/h5-6,9,12,15,17,19H,3-4,7-8,10-11,13-14H2,1-2H3. The zero-order valence-electron chi connectivity index (χ0n) is 13.0. The molecule has 1 fully saturated rings. The maximum atomic E-state index is 4.15. The van der Waals surface area contributed by atoms with Crippen LogP contribution in [-0.2, 0) is 6.54 Å².